The third-order valence-corrected chi connectivity index (χ3v) is 15.9. The Balaban J connectivity index is 1.09. The fourth-order valence-electron chi connectivity index (χ4n) is 10.8. The minimum absolute atomic E-state index is 0.205. The Morgan fingerprint density at radius 3 is 0.878 bits per heavy atom. The van der Waals surface area contributed by atoms with E-state index in [1.54, 1.807) is 0 Å². The van der Waals surface area contributed by atoms with Gasteiger partial charge in [-0.3, -0.25) is 9.98 Å². The smallest absolute Gasteiger partial charge is 0.126 e. The number of aliphatic imine (C=N–C) groups is 2. The van der Waals surface area contributed by atoms with Gasteiger partial charge in [-0.1, -0.05) is 241 Å². The molecule has 82 heavy (non-hydrogen) atoms. The van der Waals surface area contributed by atoms with E-state index < -0.39 is 0 Å². The van der Waals surface area contributed by atoms with Gasteiger partial charge in [0.15, 0.2) is 0 Å². The van der Waals surface area contributed by atoms with Crippen LogP contribution in [0.5, 0.6) is 23.0 Å². The number of hydrogen-bond acceptors (Lipinski definition) is 6. The van der Waals surface area contributed by atoms with Crippen LogP contribution in [-0.2, 0) is 47.3 Å². The minimum Gasteiger partial charge on any atom is -0.507 e. The summed E-state index contributed by atoms with van der Waals surface area (Å²) in [5, 5.41) is 25.7. The van der Waals surface area contributed by atoms with E-state index in [1.165, 1.54) is 33.4 Å². The first-order chi connectivity index (χ1) is 39.0. The Bertz CT molecular complexity index is 3210. The number of phenolic OH excluding ortho intramolecular Hbond substituents is 2. The van der Waals surface area contributed by atoms with Crippen LogP contribution in [0.25, 0.3) is 22.3 Å². The summed E-state index contributed by atoms with van der Waals surface area (Å²) in [6.45, 7) is 29.1. The lowest BCUT2D eigenvalue weighted by Crippen LogP contribution is -2.17. The van der Waals surface area contributed by atoms with E-state index in [-0.39, 0.29) is 33.2 Å². The fraction of sp³-hybridized carbons (Fsp3) is 0.342. The molecule has 8 aromatic rings. The number of rotatable bonds is 14. The van der Waals surface area contributed by atoms with E-state index in [2.05, 4.69) is 229 Å². The van der Waals surface area contributed by atoms with Gasteiger partial charge < -0.3 is 19.7 Å². The van der Waals surface area contributed by atoms with Crippen molar-refractivity contribution in [3.8, 4) is 45.3 Å². The molecule has 0 spiro atoms. The summed E-state index contributed by atoms with van der Waals surface area (Å²) >= 11 is 0. The van der Waals surface area contributed by atoms with E-state index in [4.69, 9.17) is 19.5 Å². The quantitative estimate of drug-likeness (QED) is 0.0839. The monoisotopic (exact) mass is 1090 g/mol. The SMILES string of the molecule is CC(C)(C)c1cc2c(O)c(c1)Cc1cc(C(C)(C)C)cc(c1OCCCN=Cc1ccc(-c3ccccc3)cc1)Cc1cc(C(C)(C)C)cc(c1O)Cc1cc(C(C)(C)C)cc(c1OCCCN=Cc1ccc(-c3ccccc3)cc1)C2. The first kappa shape index (κ1) is 58.9. The third kappa shape index (κ3) is 14.7. The van der Waals surface area contributed by atoms with E-state index in [1.807, 2.05) is 24.6 Å². The highest BCUT2D eigenvalue weighted by Crippen LogP contribution is 2.44. The first-order valence-corrected chi connectivity index (χ1v) is 29.6. The Kier molecular flexibility index (Phi) is 17.8. The van der Waals surface area contributed by atoms with Crippen molar-refractivity contribution >= 4 is 12.4 Å². The zero-order valence-corrected chi connectivity index (χ0v) is 50.8. The second-order valence-corrected chi connectivity index (χ2v) is 26.7. The molecular weight excluding hydrogens is 1000 g/mol. The number of ether oxygens (including phenoxy) is 2. The zero-order valence-electron chi connectivity index (χ0n) is 50.8. The molecule has 6 heteroatoms. The van der Waals surface area contributed by atoms with Crippen LogP contribution in [0.1, 0.15) is 174 Å². The maximum absolute atomic E-state index is 12.8. The molecule has 0 amide bonds. The molecule has 8 aromatic carbocycles. The van der Waals surface area contributed by atoms with E-state index in [0.29, 0.717) is 64.8 Å². The van der Waals surface area contributed by atoms with Crippen LogP contribution in [0.3, 0.4) is 0 Å². The van der Waals surface area contributed by atoms with Crippen LogP contribution in [-0.4, -0.2) is 48.9 Å². The minimum atomic E-state index is -0.215. The van der Waals surface area contributed by atoms with Gasteiger partial charge in [-0.25, -0.2) is 0 Å². The number of aromatic hydroxyl groups is 2. The summed E-state index contributed by atoms with van der Waals surface area (Å²) in [5.74, 6) is 2.17. The molecule has 0 atom stereocenters. The molecule has 0 aromatic heterocycles. The van der Waals surface area contributed by atoms with Crippen molar-refractivity contribution in [2.24, 2.45) is 9.98 Å². The van der Waals surface area contributed by atoms with Crippen molar-refractivity contribution < 1.29 is 19.7 Å². The summed E-state index contributed by atoms with van der Waals surface area (Å²) in [7, 11) is 0. The molecule has 424 valence electrons. The highest BCUT2D eigenvalue weighted by Gasteiger charge is 2.29. The predicted octanol–water partition coefficient (Wildman–Crippen LogP) is 18.1. The van der Waals surface area contributed by atoms with Crippen molar-refractivity contribution in [3.05, 3.63) is 236 Å². The Hall–Kier alpha value is -7.70. The highest BCUT2D eigenvalue weighted by molar-refractivity contribution is 5.82. The van der Waals surface area contributed by atoms with Crippen LogP contribution in [0.4, 0.5) is 0 Å². The Morgan fingerprint density at radius 1 is 0.354 bits per heavy atom. The summed E-state index contributed by atoms with van der Waals surface area (Å²) in [4.78, 5) is 9.68. The molecule has 9 rings (SSSR count). The van der Waals surface area contributed by atoms with Crippen LogP contribution < -0.4 is 9.47 Å². The maximum Gasteiger partial charge on any atom is 0.126 e. The molecule has 0 saturated heterocycles. The highest BCUT2D eigenvalue weighted by atomic mass is 16.5. The van der Waals surface area contributed by atoms with Crippen LogP contribution >= 0.6 is 0 Å². The average molecular weight is 1090 g/mol. The van der Waals surface area contributed by atoms with E-state index in [0.717, 1.165) is 78.3 Å². The Labute approximate surface area is 490 Å². The molecule has 8 bridgehead atoms. The van der Waals surface area contributed by atoms with Gasteiger partial charge in [-0.05, 0) is 122 Å². The lowest BCUT2D eigenvalue weighted by molar-refractivity contribution is 0.307. The predicted molar refractivity (Wildman–Crippen MR) is 344 cm³/mol. The molecule has 6 nitrogen and oxygen atoms in total. The van der Waals surface area contributed by atoms with Gasteiger partial charge in [-0.15, -0.1) is 0 Å². The van der Waals surface area contributed by atoms with Gasteiger partial charge in [0.05, 0.1) is 13.2 Å². The molecule has 0 unspecified atom stereocenters. The van der Waals surface area contributed by atoms with E-state index >= 15 is 0 Å². The van der Waals surface area contributed by atoms with E-state index in [9.17, 15) is 10.2 Å². The summed E-state index contributed by atoms with van der Waals surface area (Å²) in [5.41, 5.74) is 18.1. The number of nitrogens with zero attached hydrogens (tertiary/aromatic N) is 2. The average Bonchev–Trinajstić information content (AvgIpc) is 3.64. The molecule has 0 radical (unpaired) electrons. The lowest BCUT2D eigenvalue weighted by atomic mass is 9.79. The van der Waals surface area contributed by atoms with Crippen LogP contribution in [0, 0.1) is 0 Å². The largest absolute Gasteiger partial charge is 0.507 e. The van der Waals surface area contributed by atoms with Crippen molar-refractivity contribution in [2.75, 3.05) is 26.3 Å². The van der Waals surface area contributed by atoms with Gasteiger partial charge in [0.25, 0.3) is 0 Å². The standard InChI is InChI=1S/C76H86N2O4/c1-73(2,3)65-41-57-37-61-45-67(75(7,8)9)47-63(71(61)81-35-19-33-77-49-51-25-29-55(30-26-51)53-21-15-13-16-22-53)39-59-43-66(74(4,5)6)44-60(70(59)80)40-64-48-68(76(10,11)12)46-62(38-58(42-65)69(57)79)72(64)82-36-20-34-78-50-52-27-31-56(32-28-52)54-23-17-14-18-24-54/h13-18,21-32,41-50,79-80H,19-20,33-40H2,1-12H3. The summed E-state index contributed by atoms with van der Waals surface area (Å²) in [6, 6.07) is 55.8. The molecule has 0 fully saturated rings. The zero-order chi connectivity index (χ0) is 58.4. The number of phenols is 2. The second kappa shape index (κ2) is 24.8. The van der Waals surface area contributed by atoms with Crippen molar-refractivity contribution in [1.82, 2.24) is 0 Å². The molecule has 0 saturated carbocycles. The number of hydrogen-bond donors (Lipinski definition) is 2. The van der Waals surface area contributed by atoms with Crippen LogP contribution in [0.2, 0.25) is 0 Å². The van der Waals surface area contributed by atoms with Crippen molar-refractivity contribution in [1.29, 1.82) is 0 Å². The summed E-state index contributed by atoms with van der Waals surface area (Å²) < 4.78 is 14.1. The van der Waals surface area contributed by atoms with Gasteiger partial charge in [0.1, 0.15) is 23.0 Å². The maximum atomic E-state index is 12.8. The second-order valence-electron chi connectivity index (χ2n) is 26.7. The molecule has 0 heterocycles. The fourth-order valence-corrected chi connectivity index (χ4v) is 10.8. The van der Waals surface area contributed by atoms with Crippen molar-refractivity contribution in [2.45, 2.75) is 143 Å². The topological polar surface area (TPSA) is 83.6 Å². The molecule has 2 N–H and O–H groups in total. The molecular formula is C76H86N2O4. The van der Waals surface area contributed by atoms with Crippen molar-refractivity contribution in [3.63, 3.8) is 0 Å². The van der Waals surface area contributed by atoms with Crippen LogP contribution in [0.15, 0.2) is 168 Å². The van der Waals surface area contributed by atoms with Gasteiger partial charge in [-0.2, -0.15) is 0 Å². The third-order valence-electron chi connectivity index (χ3n) is 15.9. The van der Waals surface area contributed by atoms with Gasteiger partial charge >= 0.3 is 0 Å². The summed E-state index contributed by atoms with van der Waals surface area (Å²) in [6.07, 6.45) is 7.09. The molecule has 1 aliphatic rings. The lowest BCUT2D eigenvalue weighted by Gasteiger charge is -2.28. The Morgan fingerprint density at radius 2 is 0.610 bits per heavy atom. The number of benzene rings is 8. The molecule has 0 aliphatic heterocycles. The normalized spacial score (nSPS) is 13.2. The van der Waals surface area contributed by atoms with Gasteiger partial charge in [0, 0.05) is 64.0 Å². The first-order valence-electron chi connectivity index (χ1n) is 29.6. The number of fused-ring (bicyclic) bond motifs is 8. The van der Waals surface area contributed by atoms with Gasteiger partial charge in [0.2, 0.25) is 0 Å². The molecule has 1 aliphatic carbocycles.